The fraction of sp³-hybridized carbons (Fsp3) is 0.390. The number of nitrogens with one attached hydrogen (secondary N) is 3. The van der Waals surface area contributed by atoms with Gasteiger partial charge in [0, 0.05) is 37.2 Å². The number of hydrogen-bond acceptors (Lipinski definition) is 10. The molecular formula is C41H48N8O4. The Bertz CT molecular complexity index is 1910. The predicted molar refractivity (Wildman–Crippen MR) is 205 cm³/mol. The van der Waals surface area contributed by atoms with Gasteiger partial charge < -0.3 is 31.3 Å². The first-order valence-electron chi connectivity index (χ1n) is 18.7. The number of hydrogen-bond donors (Lipinski definition) is 5. The molecule has 12 nitrogen and oxygen atoms in total. The maximum Gasteiger partial charge on any atom is 0.249 e. The lowest BCUT2D eigenvalue weighted by molar-refractivity contribution is -0.133. The highest BCUT2D eigenvalue weighted by molar-refractivity contribution is 6.01. The maximum absolute atomic E-state index is 13.5. The number of rotatable bonds is 11. The van der Waals surface area contributed by atoms with Crippen LogP contribution < -0.4 is 26.6 Å². The summed E-state index contributed by atoms with van der Waals surface area (Å²) in [4.78, 5) is 41.8. The summed E-state index contributed by atoms with van der Waals surface area (Å²) >= 11 is 0. The van der Waals surface area contributed by atoms with Crippen LogP contribution in [0.5, 0.6) is 5.75 Å². The van der Waals surface area contributed by atoms with Crippen molar-refractivity contribution in [1.82, 2.24) is 25.7 Å². The van der Waals surface area contributed by atoms with E-state index in [-0.39, 0.29) is 29.5 Å². The second-order valence-corrected chi connectivity index (χ2v) is 14.5. The Kier molecular flexibility index (Phi) is 10.9. The Labute approximate surface area is 310 Å². The topological polar surface area (TPSA) is 166 Å². The second-order valence-electron chi connectivity index (χ2n) is 14.5. The van der Waals surface area contributed by atoms with E-state index in [1.54, 1.807) is 18.2 Å². The molecule has 3 aliphatic heterocycles. The minimum Gasteiger partial charge on any atom is -0.507 e. The summed E-state index contributed by atoms with van der Waals surface area (Å²) < 4.78 is 0. The van der Waals surface area contributed by atoms with Crippen molar-refractivity contribution in [2.45, 2.75) is 68.9 Å². The van der Waals surface area contributed by atoms with Gasteiger partial charge in [0.2, 0.25) is 17.7 Å². The van der Waals surface area contributed by atoms with E-state index in [4.69, 9.17) is 5.73 Å². The number of aromatic nitrogens is 2. The average Bonchev–Trinajstić information content (AvgIpc) is 3.18. The number of benzene rings is 3. The van der Waals surface area contributed by atoms with Crippen LogP contribution in [-0.2, 0) is 19.9 Å². The first-order chi connectivity index (χ1) is 25.8. The molecule has 12 heteroatoms. The third kappa shape index (κ3) is 8.44. The van der Waals surface area contributed by atoms with Gasteiger partial charge in [0.25, 0.3) is 0 Å². The summed E-state index contributed by atoms with van der Waals surface area (Å²) in [7, 11) is 0. The van der Waals surface area contributed by atoms with E-state index in [1.165, 1.54) is 5.56 Å². The molecule has 3 fully saturated rings. The number of anilines is 3. The molecule has 4 heterocycles. The van der Waals surface area contributed by atoms with Gasteiger partial charge in [0.05, 0.1) is 16.9 Å². The van der Waals surface area contributed by atoms with Gasteiger partial charge in [-0.25, -0.2) is 0 Å². The number of carbonyl (C=O) groups excluding carboxylic acids is 3. The lowest BCUT2D eigenvalue weighted by Gasteiger charge is -2.44. The molecule has 0 aliphatic carbocycles. The standard InChI is InChI=1S/C41H48N8O4/c42-39-35(27-34(46-47-39)32-9-4-5-10-36(32)50)49-25-20-41(21-26-49,30-7-2-1-3-8-30)45-38(52)11-6-22-48-23-18-29(19-24-48)28-12-14-31(15-13-28)43-33-16-17-37(51)44-40(33)53/h1-5,7-10,12-15,27,29,33,43,50H,6,11,16-26H2,(H2,42,47)(H,45,52)(H,44,51,53). The highest BCUT2D eigenvalue weighted by atomic mass is 16.3. The van der Waals surface area contributed by atoms with Crippen LogP contribution in [0.15, 0.2) is 84.9 Å². The van der Waals surface area contributed by atoms with Crippen molar-refractivity contribution in [3.63, 3.8) is 0 Å². The van der Waals surface area contributed by atoms with Crippen molar-refractivity contribution < 1.29 is 19.5 Å². The van der Waals surface area contributed by atoms with Gasteiger partial charge in [-0.05, 0) is 106 Å². The number of phenolic OH excluding ortho intramolecular Hbond substituents is 1. The van der Waals surface area contributed by atoms with Crippen molar-refractivity contribution in [2.24, 2.45) is 0 Å². The van der Waals surface area contributed by atoms with Gasteiger partial charge in [-0.15, -0.1) is 10.2 Å². The fourth-order valence-corrected chi connectivity index (χ4v) is 8.01. The predicted octanol–water partition coefficient (Wildman–Crippen LogP) is 4.92. The van der Waals surface area contributed by atoms with Crippen molar-refractivity contribution in [3.8, 4) is 17.0 Å². The van der Waals surface area contributed by atoms with Crippen LogP contribution in [-0.4, -0.2) is 76.7 Å². The zero-order chi connectivity index (χ0) is 36.8. The van der Waals surface area contributed by atoms with Gasteiger partial charge >= 0.3 is 0 Å². The van der Waals surface area contributed by atoms with Gasteiger partial charge in [0.15, 0.2) is 5.82 Å². The number of nitrogens with two attached hydrogens (primary N) is 1. The van der Waals surface area contributed by atoms with Gasteiger partial charge in [0.1, 0.15) is 11.8 Å². The average molecular weight is 717 g/mol. The van der Waals surface area contributed by atoms with Crippen molar-refractivity contribution in [1.29, 1.82) is 0 Å². The van der Waals surface area contributed by atoms with E-state index in [0.29, 0.717) is 68.2 Å². The number of nitrogen functional groups attached to an aromatic ring is 1. The van der Waals surface area contributed by atoms with Gasteiger partial charge in [-0.2, -0.15) is 0 Å². The molecular weight excluding hydrogens is 669 g/mol. The molecule has 3 saturated heterocycles. The summed E-state index contributed by atoms with van der Waals surface area (Å²) in [6, 6.07) is 27.1. The number of likely N-dealkylation sites (tertiary alicyclic amines) is 1. The molecule has 276 valence electrons. The zero-order valence-corrected chi connectivity index (χ0v) is 30.0. The Balaban J connectivity index is 0.897. The monoisotopic (exact) mass is 716 g/mol. The summed E-state index contributed by atoms with van der Waals surface area (Å²) in [6.45, 7) is 4.20. The molecule has 0 radical (unpaired) electrons. The van der Waals surface area contributed by atoms with E-state index in [2.05, 4.69) is 60.2 Å². The van der Waals surface area contributed by atoms with E-state index in [9.17, 15) is 19.5 Å². The minimum absolute atomic E-state index is 0.0649. The van der Waals surface area contributed by atoms with Crippen LogP contribution in [0.25, 0.3) is 11.3 Å². The molecule has 3 aromatic carbocycles. The Morgan fingerprint density at radius 2 is 1.62 bits per heavy atom. The normalized spacial score (nSPS) is 19.4. The van der Waals surface area contributed by atoms with Crippen molar-refractivity contribution >= 4 is 34.9 Å². The Morgan fingerprint density at radius 1 is 0.906 bits per heavy atom. The zero-order valence-electron chi connectivity index (χ0n) is 30.0. The van der Waals surface area contributed by atoms with Gasteiger partial charge in [-0.1, -0.05) is 54.6 Å². The molecule has 1 aromatic heterocycles. The van der Waals surface area contributed by atoms with Crippen LogP contribution in [0.2, 0.25) is 0 Å². The quantitative estimate of drug-likeness (QED) is 0.135. The molecule has 6 N–H and O–H groups in total. The number of amides is 3. The number of nitrogens with zero attached hydrogens (tertiary/aromatic N) is 4. The van der Waals surface area contributed by atoms with E-state index in [1.807, 2.05) is 42.5 Å². The Morgan fingerprint density at radius 3 is 2.34 bits per heavy atom. The lowest BCUT2D eigenvalue weighted by Crippen LogP contribution is -2.53. The van der Waals surface area contributed by atoms with Crippen LogP contribution >= 0.6 is 0 Å². The molecule has 3 amide bonds. The lowest BCUT2D eigenvalue weighted by atomic mass is 9.80. The van der Waals surface area contributed by atoms with E-state index in [0.717, 1.165) is 55.8 Å². The number of imide groups is 1. The van der Waals surface area contributed by atoms with Crippen LogP contribution in [0.3, 0.4) is 0 Å². The molecule has 7 rings (SSSR count). The van der Waals surface area contributed by atoms with Crippen LogP contribution in [0.1, 0.15) is 68.4 Å². The fourth-order valence-electron chi connectivity index (χ4n) is 8.01. The summed E-state index contributed by atoms with van der Waals surface area (Å²) in [5, 5.41) is 28.0. The van der Waals surface area contributed by atoms with E-state index >= 15 is 0 Å². The molecule has 0 spiro atoms. The van der Waals surface area contributed by atoms with Crippen LogP contribution in [0.4, 0.5) is 17.2 Å². The highest BCUT2D eigenvalue weighted by Gasteiger charge is 2.38. The molecule has 0 saturated carbocycles. The first kappa shape index (κ1) is 35.9. The van der Waals surface area contributed by atoms with Crippen molar-refractivity contribution in [3.05, 3.63) is 96.1 Å². The molecule has 1 unspecified atom stereocenters. The Hall–Kier alpha value is -5.49. The summed E-state index contributed by atoms with van der Waals surface area (Å²) in [5.74, 6) is 0.536. The molecule has 3 aliphatic rings. The first-order valence-corrected chi connectivity index (χ1v) is 18.7. The molecule has 4 aromatic rings. The largest absolute Gasteiger partial charge is 0.507 e. The van der Waals surface area contributed by atoms with Crippen LogP contribution in [0, 0.1) is 0 Å². The number of phenols is 1. The number of piperidine rings is 3. The maximum atomic E-state index is 13.5. The molecule has 1 atom stereocenters. The third-order valence-electron chi connectivity index (χ3n) is 11.1. The second kappa shape index (κ2) is 16.0. The third-order valence-corrected chi connectivity index (χ3v) is 11.1. The number of para-hydroxylation sites is 1. The van der Waals surface area contributed by atoms with Gasteiger partial charge in [-0.3, -0.25) is 19.7 Å². The minimum atomic E-state index is -0.490. The highest BCUT2D eigenvalue weighted by Crippen LogP contribution is 2.38. The number of carbonyl (C=O) groups is 3. The molecule has 0 bridgehead atoms. The van der Waals surface area contributed by atoms with E-state index < -0.39 is 5.54 Å². The number of aromatic hydroxyl groups is 1. The smallest absolute Gasteiger partial charge is 0.249 e. The summed E-state index contributed by atoms with van der Waals surface area (Å²) in [6.07, 6.45) is 5.65. The molecule has 53 heavy (non-hydrogen) atoms. The SMILES string of the molecule is Nc1nnc(-c2ccccc2O)cc1N1CCC(NC(=O)CCCN2CCC(c3ccc(NC4CCC(=O)NC4=O)cc3)CC2)(c2ccccc2)CC1. The summed E-state index contributed by atoms with van der Waals surface area (Å²) in [5.41, 5.74) is 11.0. The van der Waals surface area contributed by atoms with Crippen molar-refractivity contribution in [2.75, 3.05) is 48.7 Å².